The molecule has 0 heterocycles. The lowest BCUT2D eigenvalue weighted by Gasteiger charge is -2.60. The minimum Gasteiger partial charge on any atom is -0.393 e. The largest absolute Gasteiger partial charge is 0.393 e. The summed E-state index contributed by atoms with van der Waals surface area (Å²) in [4.78, 5) is 12.6. The Morgan fingerprint density at radius 2 is 1.73 bits per heavy atom. The molecule has 4 heteroatoms. The lowest BCUT2D eigenvalue weighted by Crippen LogP contribution is -2.54. The predicted molar refractivity (Wildman–Crippen MR) is 89.8 cm³/mol. The molecule has 5 aliphatic rings. The van der Waals surface area contributed by atoms with Crippen LogP contribution in [0.4, 0.5) is 0 Å². The highest BCUT2D eigenvalue weighted by Crippen LogP contribution is 2.65. The maximum atomic E-state index is 12.6. The van der Waals surface area contributed by atoms with Crippen molar-refractivity contribution in [1.29, 1.82) is 0 Å². The maximum absolute atomic E-state index is 12.6. The van der Waals surface area contributed by atoms with Crippen LogP contribution < -0.4 is 5.32 Å². The molecule has 0 aromatic rings. The van der Waals surface area contributed by atoms with Gasteiger partial charge in [-0.1, -0.05) is 15.9 Å². The van der Waals surface area contributed by atoms with Crippen LogP contribution in [0.2, 0.25) is 0 Å². The van der Waals surface area contributed by atoms with Crippen molar-refractivity contribution < 1.29 is 9.90 Å². The Hall–Kier alpha value is -0.0900. The number of alkyl halides is 1. The average Bonchev–Trinajstić information content (AvgIpc) is 2.37. The van der Waals surface area contributed by atoms with Gasteiger partial charge >= 0.3 is 0 Å². The summed E-state index contributed by atoms with van der Waals surface area (Å²) in [6, 6.07) is 0.294. The zero-order valence-electron chi connectivity index (χ0n) is 13.3. The van der Waals surface area contributed by atoms with E-state index in [4.69, 9.17) is 0 Å². The number of halogens is 1. The fraction of sp³-hybridized carbons (Fsp3) is 0.944. The molecule has 3 nitrogen and oxygen atoms in total. The Kier molecular flexibility index (Phi) is 3.84. The van der Waals surface area contributed by atoms with E-state index < -0.39 is 0 Å². The van der Waals surface area contributed by atoms with Crippen LogP contribution in [-0.4, -0.2) is 27.5 Å². The molecule has 0 aromatic carbocycles. The Morgan fingerprint density at radius 1 is 1.09 bits per heavy atom. The van der Waals surface area contributed by atoms with Crippen molar-refractivity contribution in [2.24, 2.45) is 17.3 Å². The minimum atomic E-state index is -0.149. The van der Waals surface area contributed by atoms with Crippen molar-refractivity contribution in [3.63, 3.8) is 0 Å². The van der Waals surface area contributed by atoms with Crippen LogP contribution >= 0.6 is 15.9 Å². The first-order valence-electron chi connectivity index (χ1n) is 9.10. The fourth-order valence-electron chi connectivity index (χ4n) is 6.38. The van der Waals surface area contributed by atoms with Gasteiger partial charge in [-0.05, 0) is 81.5 Å². The minimum absolute atomic E-state index is 0.149. The van der Waals surface area contributed by atoms with Crippen molar-refractivity contribution in [3.8, 4) is 0 Å². The number of carbonyl (C=O) groups is 1. The third-order valence-corrected chi connectivity index (χ3v) is 7.64. The van der Waals surface area contributed by atoms with Crippen LogP contribution in [0, 0.1) is 17.3 Å². The Morgan fingerprint density at radius 3 is 2.32 bits per heavy atom. The van der Waals surface area contributed by atoms with E-state index in [2.05, 4.69) is 21.2 Å². The first-order valence-corrected chi connectivity index (χ1v) is 9.89. The van der Waals surface area contributed by atoms with Crippen LogP contribution in [-0.2, 0) is 4.79 Å². The summed E-state index contributed by atoms with van der Waals surface area (Å²) in [5.74, 6) is 1.95. The quantitative estimate of drug-likeness (QED) is 0.747. The zero-order chi connectivity index (χ0) is 15.4. The standard InChI is InChI=1S/C18H28BrNO2/c19-18-8-12-5-13(9-18)7-17(6-12,11-18)10-16(22)20-14-1-3-15(21)4-2-14/h12-15,21H,1-11H2,(H,20,22)/t12-,13-,14?,15?,17?,18?/m1/s1. The molecule has 2 N–H and O–H groups in total. The van der Waals surface area contributed by atoms with Gasteiger partial charge in [0.15, 0.2) is 0 Å². The van der Waals surface area contributed by atoms with E-state index in [1.165, 1.54) is 38.5 Å². The van der Waals surface area contributed by atoms with Crippen LogP contribution in [0.25, 0.3) is 0 Å². The lowest BCUT2D eigenvalue weighted by atomic mass is 9.48. The summed E-state index contributed by atoms with van der Waals surface area (Å²) < 4.78 is 0.340. The van der Waals surface area contributed by atoms with Gasteiger partial charge < -0.3 is 10.4 Å². The number of nitrogens with one attached hydrogen (secondary N) is 1. The molecule has 22 heavy (non-hydrogen) atoms. The van der Waals surface area contributed by atoms with Crippen LogP contribution in [0.5, 0.6) is 0 Å². The molecule has 0 saturated heterocycles. The third kappa shape index (κ3) is 2.98. The number of amides is 1. The van der Waals surface area contributed by atoms with Crippen LogP contribution in [0.3, 0.4) is 0 Å². The summed E-state index contributed by atoms with van der Waals surface area (Å²) in [5, 5.41) is 12.8. The number of hydrogen-bond donors (Lipinski definition) is 2. The van der Waals surface area contributed by atoms with Gasteiger partial charge in [-0.2, -0.15) is 0 Å². The Bertz CT molecular complexity index is 444. The second-order valence-corrected chi connectivity index (χ2v) is 10.5. The molecule has 2 atom stereocenters. The highest BCUT2D eigenvalue weighted by molar-refractivity contribution is 9.10. The first-order chi connectivity index (χ1) is 10.4. The first kappa shape index (κ1) is 15.4. The van der Waals surface area contributed by atoms with E-state index in [0.717, 1.165) is 43.9 Å². The van der Waals surface area contributed by atoms with Gasteiger partial charge in [0.05, 0.1) is 6.10 Å². The second-order valence-electron chi connectivity index (χ2n) is 8.86. The van der Waals surface area contributed by atoms with E-state index in [0.29, 0.717) is 10.4 Å². The third-order valence-electron chi connectivity index (χ3n) is 6.71. The number of carbonyl (C=O) groups excluding carboxylic acids is 1. The molecule has 5 fully saturated rings. The number of aliphatic hydroxyl groups is 1. The molecular formula is C18H28BrNO2. The van der Waals surface area contributed by atoms with Gasteiger partial charge in [0, 0.05) is 16.8 Å². The topological polar surface area (TPSA) is 49.3 Å². The molecular weight excluding hydrogens is 342 g/mol. The molecule has 5 rings (SSSR count). The molecule has 0 aromatic heterocycles. The van der Waals surface area contributed by atoms with Crippen molar-refractivity contribution in [2.75, 3.05) is 0 Å². The molecule has 0 radical (unpaired) electrons. The van der Waals surface area contributed by atoms with Gasteiger partial charge in [-0.3, -0.25) is 4.79 Å². The van der Waals surface area contributed by atoms with E-state index >= 15 is 0 Å². The molecule has 5 aliphatic carbocycles. The highest BCUT2D eigenvalue weighted by atomic mass is 79.9. The van der Waals surface area contributed by atoms with Gasteiger partial charge in [-0.25, -0.2) is 0 Å². The highest BCUT2D eigenvalue weighted by Gasteiger charge is 2.57. The summed E-state index contributed by atoms with van der Waals surface area (Å²) in [5.41, 5.74) is 0.270. The molecule has 0 unspecified atom stereocenters. The summed E-state index contributed by atoms with van der Waals surface area (Å²) in [7, 11) is 0. The normalized spacial score (nSPS) is 50.1. The van der Waals surface area contributed by atoms with E-state index in [1.807, 2.05) is 0 Å². The lowest BCUT2D eigenvalue weighted by molar-refractivity contribution is -0.129. The Labute approximate surface area is 141 Å². The van der Waals surface area contributed by atoms with Gasteiger partial charge in [0.2, 0.25) is 5.91 Å². The number of rotatable bonds is 3. The molecule has 0 aliphatic heterocycles. The van der Waals surface area contributed by atoms with E-state index in [-0.39, 0.29) is 17.4 Å². The zero-order valence-corrected chi connectivity index (χ0v) is 14.9. The average molecular weight is 370 g/mol. The molecule has 1 amide bonds. The summed E-state index contributed by atoms with van der Waals surface area (Å²) in [6.45, 7) is 0. The molecule has 4 bridgehead atoms. The molecule has 124 valence electrons. The van der Waals surface area contributed by atoms with Crippen molar-refractivity contribution in [3.05, 3.63) is 0 Å². The fourth-order valence-corrected chi connectivity index (χ4v) is 7.89. The number of aliphatic hydroxyl groups excluding tert-OH is 1. The monoisotopic (exact) mass is 369 g/mol. The van der Waals surface area contributed by atoms with Crippen LogP contribution in [0.15, 0.2) is 0 Å². The van der Waals surface area contributed by atoms with E-state index in [1.54, 1.807) is 0 Å². The van der Waals surface area contributed by atoms with E-state index in [9.17, 15) is 9.90 Å². The summed E-state index contributed by atoms with van der Waals surface area (Å²) >= 11 is 4.03. The smallest absolute Gasteiger partial charge is 0.220 e. The molecule has 0 spiro atoms. The number of hydrogen-bond acceptors (Lipinski definition) is 2. The maximum Gasteiger partial charge on any atom is 0.220 e. The predicted octanol–water partition coefficient (Wildman–Crippen LogP) is 3.53. The molecule has 5 saturated carbocycles. The second kappa shape index (κ2) is 5.47. The summed E-state index contributed by atoms with van der Waals surface area (Å²) in [6.07, 6.45) is 11.9. The Balaban J connectivity index is 1.37. The van der Waals surface area contributed by atoms with Crippen molar-refractivity contribution >= 4 is 21.8 Å². The van der Waals surface area contributed by atoms with Crippen molar-refractivity contribution in [2.45, 2.75) is 87.1 Å². The SMILES string of the molecule is O=C(CC12C[C@H]3C[C@@H](CC(Br)(C3)C1)C2)NC1CCC(O)CC1. The van der Waals surface area contributed by atoms with Crippen molar-refractivity contribution in [1.82, 2.24) is 5.32 Å². The van der Waals surface area contributed by atoms with Gasteiger partial charge in [0.1, 0.15) is 0 Å². The van der Waals surface area contributed by atoms with Crippen LogP contribution in [0.1, 0.15) is 70.6 Å². The van der Waals surface area contributed by atoms with Gasteiger partial charge in [-0.15, -0.1) is 0 Å². The van der Waals surface area contributed by atoms with Gasteiger partial charge in [0.25, 0.3) is 0 Å².